The molecule has 1 aromatic heterocycles. The lowest BCUT2D eigenvalue weighted by atomic mass is 10.0. The van der Waals surface area contributed by atoms with Crippen LogP contribution < -0.4 is 10.6 Å². The third-order valence-corrected chi connectivity index (χ3v) is 4.34. The molecule has 2 aromatic rings. The smallest absolute Gasteiger partial charge is 0.191 e. The van der Waals surface area contributed by atoms with E-state index >= 15 is 0 Å². The molecule has 1 aliphatic carbocycles. The normalized spacial score (nSPS) is 20.3. The molecule has 122 valence electrons. The molecule has 5 nitrogen and oxygen atoms in total. The van der Waals surface area contributed by atoms with Crippen LogP contribution in [0.15, 0.2) is 47.7 Å². The van der Waals surface area contributed by atoms with Crippen molar-refractivity contribution in [3.63, 3.8) is 0 Å². The van der Waals surface area contributed by atoms with Gasteiger partial charge in [-0.1, -0.05) is 24.3 Å². The molecule has 2 unspecified atom stereocenters. The summed E-state index contributed by atoms with van der Waals surface area (Å²) in [5.41, 5.74) is 2.84. The molecule has 0 saturated heterocycles. The van der Waals surface area contributed by atoms with Crippen LogP contribution in [0.2, 0.25) is 0 Å². The van der Waals surface area contributed by atoms with Gasteiger partial charge in [0.05, 0.1) is 0 Å². The van der Waals surface area contributed by atoms with E-state index in [9.17, 15) is 0 Å². The molecule has 3 rings (SSSR count). The maximum absolute atomic E-state index is 4.33. The summed E-state index contributed by atoms with van der Waals surface area (Å²) >= 11 is 0. The largest absolute Gasteiger partial charge is 0.356 e. The second-order valence-electron chi connectivity index (χ2n) is 6.07. The topological polar surface area (TPSA) is 54.2 Å². The van der Waals surface area contributed by atoms with E-state index < -0.39 is 0 Å². The van der Waals surface area contributed by atoms with Crippen LogP contribution >= 0.6 is 0 Å². The summed E-state index contributed by atoms with van der Waals surface area (Å²) in [6.07, 6.45) is 6.00. The Morgan fingerprint density at radius 1 is 1.35 bits per heavy atom. The molecule has 2 N–H and O–H groups in total. The number of aliphatic imine (C=N–C) groups is 1. The Bertz CT molecular complexity index is 647. The minimum Gasteiger partial charge on any atom is -0.356 e. The van der Waals surface area contributed by atoms with Crippen molar-refractivity contribution < 1.29 is 0 Å². The molecular formula is C18H25N5. The molecular weight excluding hydrogens is 286 g/mol. The zero-order chi connectivity index (χ0) is 16.1. The highest BCUT2D eigenvalue weighted by Gasteiger charge is 2.39. The fraction of sp³-hybridized carbons (Fsp3) is 0.444. The Balaban J connectivity index is 1.41. The van der Waals surface area contributed by atoms with Crippen molar-refractivity contribution in [3.8, 4) is 0 Å². The van der Waals surface area contributed by atoms with Gasteiger partial charge in [0.15, 0.2) is 5.96 Å². The second-order valence-corrected chi connectivity index (χ2v) is 6.07. The van der Waals surface area contributed by atoms with Crippen LogP contribution in [0.25, 0.3) is 0 Å². The highest BCUT2D eigenvalue weighted by atomic mass is 15.3. The average molecular weight is 311 g/mol. The van der Waals surface area contributed by atoms with E-state index in [2.05, 4.69) is 51.9 Å². The van der Waals surface area contributed by atoms with Gasteiger partial charge in [-0.25, -0.2) is 0 Å². The van der Waals surface area contributed by atoms with Crippen molar-refractivity contribution in [2.45, 2.75) is 38.3 Å². The molecule has 1 fully saturated rings. The number of hydrogen-bond donors (Lipinski definition) is 2. The van der Waals surface area contributed by atoms with Gasteiger partial charge >= 0.3 is 0 Å². The van der Waals surface area contributed by atoms with Gasteiger partial charge in [0.1, 0.15) is 0 Å². The van der Waals surface area contributed by atoms with E-state index in [0.29, 0.717) is 12.0 Å². The Morgan fingerprint density at radius 2 is 2.22 bits per heavy atom. The van der Waals surface area contributed by atoms with Crippen LogP contribution in [-0.4, -0.2) is 35.4 Å². The maximum atomic E-state index is 4.33. The molecule has 5 heteroatoms. The summed E-state index contributed by atoms with van der Waals surface area (Å²) in [5.74, 6) is 1.50. The predicted octanol–water partition coefficient (Wildman–Crippen LogP) is 2.30. The van der Waals surface area contributed by atoms with Crippen LogP contribution in [-0.2, 0) is 6.54 Å². The third kappa shape index (κ3) is 4.12. The Kier molecular flexibility index (Phi) is 4.95. The van der Waals surface area contributed by atoms with Crippen molar-refractivity contribution >= 4 is 5.96 Å². The van der Waals surface area contributed by atoms with Crippen molar-refractivity contribution in [2.24, 2.45) is 4.99 Å². The fourth-order valence-electron chi connectivity index (χ4n) is 2.95. The number of nitrogens with one attached hydrogen (secondary N) is 2. The summed E-state index contributed by atoms with van der Waals surface area (Å²) in [6, 6.07) is 11.1. The SMILES string of the molecule is CN=C(NCCCn1cccn1)NC1CC1c1ccccc1C. The number of rotatable bonds is 6. The summed E-state index contributed by atoms with van der Waals surface area (Å²) in [4.78, 5) is 4.33. The lowest BCUT2D eigenvalue weighted by Crippen LogP contribution is -2.39. The molecule has 1 saturated carbocycles. The first-order valence-corrected chi connectivity index (χ1v) is 8.28. The Morgan fingerprint density at radius 3 is 2.96 bits per heavy atom. The van der Waals surface area contributed by atoms with Gasteiger partial charge in [0, 0.05) is 44.5 Å². The Labute approximate surface area is 137 Å². The molecule has 2 atom stereocenters. The number of guanidine groups is 1. The van der Waals surface area contributed by atoms with Crippen LogP contribution in [0.3, 0.4) is 0 Å². The zero-order valence-electron chi connectivity index (χ0n) is 13.9. The molecule has 1 heterocycles. The molecule has 1 aromatic carbocycles. The van der Waals surface area contributed by atoms with Crippen LogP contribution in [0, 0.1) is 6.92 Å². The van der Waals surface area contributed by atoms with E-state index in [1.54, 1.807) is 0 Å². The van der Waals surface area contributed by atoms with Gasteiger partial charge in [-0.15, -0.1) is 0 Å². The lowest BCUT2D eigenvalue weighted by molar-refractivity contribution is 0.570. The molecule has 0 radical (unpaired) electrons. The van der Waals surface area contributed by atoms with E-state index in [1.165, 1.54) is 17.5 Å². The molecule has 23 heavy (non-hydrogen) atoms. The van der Waals surface area contributed by atoms with Gasteiger partial charge < -0.3 is 10.6 Å². The first kappa shape index (κ1) is 15.6. The van der Waals surface area contributed by atoms with E-state index in [0.717, 1.165) is 25.5 Å². The highest BCUT2D eigenvalue weighted by molar-refractivity contribution is 5.80. The van der Waals surface area contributed by atoms with Crippen molar-refractivity contribution in [1.82, 2.24) is 20.4 Å². The standard InChI is InChI=1S/C18H25N5/c1-14-7-3-4-8-15(14)16-13-17(16)22-18(19-2)20-9-5-11-23-12-6-10-21-23/h3-4,6-8,10,12,16-17H,5,9,11,13H2,1-2H3,(H2,19,20,22). The summed E-state index contributed by atoms with van der Waals surface area (Å²) < 4.78 is 1.95. The lowest BCUT2D eigenvalue weighted by Gasteiger charge is -2.12. The van der Waals surface area contributed by atoms with Gasteiger partial charge in [-0.05, 0) is 37.0 Å². The number of hydrogen-bond acceptors (Lipinski definition) is 2. The summed E-state index contributed by atoms with van der Waals surface area (Å²) in [5, 5.41) is 11.1. The minimum atomic E-state index is 0.494. The third-order valence-electron chi connectivity index (χ3n) is 4.34. The van der Waals surface area contributed by atoms with E-state index in [1.807, 2.05) is 30.2 Å². The van der Waals surface area contributed by atoms with Gasteiger partial charge in [0.25, 0.3) is 0 Å². The molecule has 0 spiro atoms. The van der Waals surface area contributed by atoms with Crippen molar-refractivity contribution in [2.75, 3.05) is 13.6 Å². The van der Waals surface area contributed by atoms with Crippen molar-refractivity contribution in [1.29, 1.82) is 0 Å². The second kappa shape index (κ2) is 7.31. The predicted molar refractivity (Wildman–Crippen MR) is 93.7 cm³/mol. The average Bonchev–Trinajstić information content (AvgIpc) is 3.12. The molecule has 0 amide bonds. The quantitative estimate of drug-likeness (QED) is 0.489. The highest BCUT2D eigenvalue weighted by Crippen LogP contribution is 2.41. The number of aromatic nitrogens is 2. The van der Waals surface area contributed by atoms with Gasteiger partial charge in [-0.3, -0.25) is 9.67 Å². The zero-order valence-corrected chi connectivity index (χ0v) is 13.9. The van der Waals surface area contributed by atoms with Crippen molar-refractivity contribution in [3.05, 3.63) is 53.9 Å². The minimum absolute atomic E-state index is 0.494. The van der Waals surface area contributed by atoms with Gasteiger partial charge in [0.2, 0.25) is 0 Å². The van der Waals surface area contributed by atoms with E-state index in [-0.39, 0.29) is 0 Å². The Hall–Kier alpha value is -2.30. The maximum Gasteiger partial charge on any atom is 0.191 e. The monoisotopic (exact) mass is 311 g/mol. The summed E-state index contributed by atoms with van der Waals surface area (Å²) in [6.45, 7) is 4.00. The first-order valence-electron chi connectivity index (χ1n) is 8.28. The van der Waals surface area contributed by atoms with Crippen LogP contribution in [0.4, 0.5) is 0 Å². The molecule has 0 aliphatic heterocycles. The molecule has 1 aliphatic rings. The number of benzene rings is 1. The van der Waals surface area contributed by atoms with E-state index in [4.69, 9.17) is 0 Å². The number of nitrogens with zero attached hydrogens (tertiary/aromatic N) is 3. The van der Waals surface area contributed by atoms with Crippen LogP contribution in [0.1, 0.15) is 29.9 Å². The summed E-state index contributed by atoms with van der Waals surface area (Å²) in [7, 11) is 1.83. The molecule has 0 bridgehead atoms. The van der Waals surface area contributed by atoms with Gasteiger partial charge in [-0.2, -0.15) is 5.10 Å². The fourth-order valence-corrected chi connectivity index (χ4v) is 2.95. The van der Waals surface area contributed by atoms with Crippen LogP contribution in [0.5, 0.6) is 0 Å². The first-order chi connectivity index (χ1) is 11.3. The number of aryl methyl sites for hydroxylation is 2.